The van der Waals surface area contributed by atoms with Crippen LogP contribution >= 0.6 is 0 Å². The molecular weight excluding hydrogens is 346 g/mol. The van der Waals surface area contributed by atoms with Gasteiger partial charge in [-0.3, -0.25) is 9.20 Å². The van der Waals surface area contributed by atoms with Crippen molar-refractivity contribution in [2.75, 3.05) is 0 Å². The topological polar surface area (TPSA) is 100 Å². The summed E-state index contributed by atoms with van der Waals surface area (Å²) < 4.78 is 28.5. The third kappa shape index (κ3) is 2.54. The lowest BCUT2D eigenvalue weighted by atomic mass is 9.86. The maximum Gasteiger partial charge on any atom is 0.336 e. The molecule has 0 saturated heterocycles. The first-order valence-corrected chi connectivity index (χ1v) is 8.29. The lowest BCUT2D eigenvalue weighted by Crippen LogP contribution is -2.25. The fraction of sp³-hybridized carbons (Fsp3) is 0.412. The van der Waals surface area contributed by atoms with Gasteiger partial charge in [-0.15, -0.1) is 10.2 Å². The van der Waals surface area contributed by atoms with Crippen LogP contribution in [0.1, 0.15) is 53.3 Å². The van der Waals surface area contributed by atoms with E-state index < -0.39 is 17.5 Å². The molecule has 4 rings (SSSR count). The van der Waals surface area contributed by atoms with Crippen LogP contribution in [0, 0.1) is 6.92 Å². The lowest BCUT2D eigenvalue weighted by molar-refractivity contribution is -0.0388. The molecule has 7 nitrogen and oxygen atoms in total. The largest absolute Gasteiger partial charge is 0.478 e. The van der Waals surface area contributed by atoms with Crippen molar-refractivity contribution >= 4 is 22.6 Å². The number of nitrogens with zero attached hydrogens (tertiary/aromatic N) is 3. The van der Waals surface area contributed by atoms with E-state index in [0.29, 0.717) is 22.4 Å². The van der Waals surface area contributed by atoms with Crippen LogP contribution in [0.3, 0.4) is 0 Å². The zero-order valence-corrected chi connectivity index (χ0v) is 13.9. The number of benzene rings is 1. The molecule has 0 aliphatic heterocycles. The molecule has 1 saturated carbocycles. The summed E-state index contributed by atoms with van der Waals surface area (Å²) in [6.07, 6.45) is 0.0638. The van der Waals surface area contributed by atoms with Gasteiger partial charge in [0.2, 0.25) is 11.6 Å². The monoisotopic (exact) mass is 362 g/mol. The van der Waals surface area contributed by atoms with Crippen LogP contribution < -0.4 is 5.56 Å². The van der Waals surface area contributed by atoms with E-state index in [1.165, 1.54) is 6.07 Å². The maximum atomic E-state index is 13.5. The molecule has 0 radical (unpaired) electrons. The minimum absolute atomic E-state index is 0.0762. The number of aromatic amines is 1. The Morgan fingerprint density at radius 3 is 2.65 bits per heavy atom. The third-order valence-electron chi connectivity index (χ3n) is 5.04. The van der Waals surface area contributed by atoms with E-state index in [9.17, 15) is 23.5 Å². The van der Waals surface area contributed by atoms with Crippen LogP contribution in [0.15, 0.2) is 16.9 Å². The Kier molecular flexibility index (Phi) is 3.57. The Morgan fingerprint density at radius 2 is 2.00 bits per heavy atom. The van der Waals surface area contributed by atoms with E-state index in [2.05, 4.69) is 15.2 Å². The molecule has 0 atom stereocenters. The molecule has 1 aliphatic rings. The quantitative estimate of drug-likeness (QED) is 0.730. The molecular formula is C17H16F2N4O3. The first kappa shape index (κ1) is 16.6. The van der Waals surface area contributed by atoms with Crippen molar-refractivity contribution in [3.05, 3.63) is 39.4 Å². The highest BCUT2D eigenvalue weighted by Gasteiger charge is 2.37. The van der Waals surface area contributed by atoms with Crippen LogP contribution in [0.25, 0.3) is 16.7 Å². The normalized spacial score (nSPS) is 17.8. The van der Waals surface area contributed by atoms with Gasteiger partial charge in [0.25, 0.3) is 5.56 Å². The minimum atomic E-state index is -2.66. The van der Waals surface area contributed by atoms with Gasteiger partial charge >= 0.3 is 5.97 Å². The van der Waals surface area contributed by atoms with Gasteiger partial charge in [0.1, 0.15) is 5.82 Å². The van der Waals surface area contributed by atoms with Gasteiger partial charge < -0.3 is 10.1 Å². The number of carboxylic acid groups (broad SMARTS) is 1. The molecule has 2 N–H and O–H groups in total. The molecule has 1 fully saturated rings. The molecule has 0 bridgehead atoms. The SMILES string of the molecule is Cc1cc2c(cc1C(=O)O)[nH]c(=O)c1nnc(C3CCC(F)(F)CC3)n12. The molecule has 3 aromatic rings. The number of hydrogen-bond donors (Lipinski definition) is 2. The first-order chi connectivity index (χ1) is 12.3. The highest BCUT2D eigenvalue weighted by molar-refractivity contribution is 5.94. The Labute approximate surface area is 145 Å². The number of alkyl halides is 2. The number of hydrogen-bond acceptors (Lipinski definition) is 4. The summed E-state index contributed by atoms with van der Waals surface area (Å²) in [6, 6.07) is 3.04. The minimum Gasteiger partial charge on any atom is -0.478 e. The number of nitrogens with one attached hydrogen (secondary N) is 1. The summed E-state index contributed by atoms with van der Waals surface area (Å²) in [5.41, 5.74) is 1.07. The number of rotatable bonds is 2. The number of aromatic carboxylic acids is 1. The highest BCUT2D eigenvalue weighted by atomic mass is 19.3. The van der Waals surface area contributed by atoms with Crippen LogP contribution in [0.5, 0.6) is 0 Å². The van der Waals surface area contributed by atoms with Crippen LogP contribution in [-0.2, 0) is 0 Å². The second kappa shape index (κ2) is 5.58. The number of halogens is 2. The Morgan fingerprint density at radius 1 is 1.31 bits per heavy atom. The molecule has 0 spiro atoms. The molecule has 2 heterocycles. The molecule has 1 aliphatic carbocycles. The Balaban J connectivity index is 1.94. The van der Waals surface area contributed by atoms with Gasteiger partial charge in [-0.05, 0) is 37.5 Å². The predicted octanol–water partition coefficient (Wildman–Crippen LogP) is 2.87. The van der Waals surface area contributed by atoms with Crippen molar-refractivity contribution in [2.45, 2.75) is 44.4 Å². The van der Waals surface area contributed by atoms with Crippen molar-refractivity contribution in [2.24, 2.45) is 0 Å². The Bertz CT molecular complexity index is 1090. The third-order valence-corrected chi connectivity index (χ3v) is 5.04. The van der Waals surface area contributed by atoms with Crippen molar-refractivity contribution in [3.63, 3.8) is 0 Å². The van der Waals surface area contributed by atoms with Crippen LogP contribution in [0.4, 0.5) is 8.78 Å². The van der Waals surface area contributed by atoms with Crippen molar-refractivity contribution in [3.8, 4) is 0 Å². The summed E-state index contributed by atoms with van der Waals surface area (Å²) in [6.45, 7) is 1.66. The second-order valence-electron chi connectivity index (χ2n) is 6.79. The summed E-state index contributed by atoms with van der Waals surface area (Å²) in [5, 5.41) is 17.3. The number of carbonyl (C=O) groups is 1. The van der Waals surface area contributed by atoms with Crippen molar-refractivity contribution in [1.29, 1.82) is 0 Å². The van der Waals surface area contributed by atoms with Gasteiger partial charge in [0.15, 0.2) is 0 Å². The van der Waals surface area contributed by atoms with Crippen LogP contribution in [-0.4, -0.2) is 36.6 Å². The van der Waals surface area contributed by atoms with E-state index in [4.69, 9.17) is 0 Å². The maximum absolute atomic E-state index is 13.5. The second-order valence-corrected chi connectivity index (χ2v) is 6.79. The average Bonchev–Trinajstić information content (AvgIpc) is 3.01. The molecule has 1 aromatic carbocycles. The number of aromatic nitrogens is 4. The summed E-state index contributed by atoms with van der Waals surface area (Å²) in [4.78, 5) is 26.3. The number of aryl methyl sites for hydroxylation is 1. The smallest absolute Gasteiger partial charge is 0.336 e. The zero-order valence-electron chi connectivity index (χ0n) is 13.9. The average molecular weight is 362 g/mol. The lowest BCUT2D eigenvalue weighted by Gasteiger charge is -2.27. The highest BCUT2D eigenvalue weighted by Crippen LogP contribution is 2.40. The first-order valence-electron chi connectivity index (χ1n) is 8.29. The molecule has 136 valence electrons. The summed E-state index contributed by atoms with van der Waals surface area (Å²) in [5.74, 6) is -3.52. The molecule has 2 aromatic heterocycles. The number of H-pyrrole nitrogens is 1. The Hall–Kier alpha value is -2.84. The zero-order chi connectivity index (χ0) is 18.6. The molecule has 9 heteroatoms. The van der Waals surface area contributed by atoms with Crippen LogP contribution in [0.2, 0.25) is 0 Å². The van der Waals surface area contributed by atoms with Gasteiger partial charge in [0.05, 0.1) is 16.6 Å². The van der Waals surface area contributed by atoms with Gasteiger partial charge in [0, 0.05) is 18.8 Å². The van der Waals surface area contributed by atoms with E-state index >= 15 is 0 Å². The summed E-state index contributed by atoms with van der Waals surface area (Å²) in [7, 11) is 0. The molecule has 26 heavy (non-hydrogen) atoms. The van der Waals surface area contributed by atoms with Crippen molar-refractivity contribution in [1.82, 2.24) is 19.6 Å². The van der Waals surface area contributed by atoms with E-state index in [0.717, 1.165) is 0 Å². The molecule has 0 unspecified atom stereocenters. The van der Waals surface area contributed by atoms with Crippen molar-refractivity contribution < 1.29 is 18.7 Å². The fourth-order valence-corrected chi connectivity index (χ4v) is 3.63. The number of carboxylic acids is 1. The summed E-state index contributed by atoms with van der Waals surface area (Å²) >= 11 is 0. The van der Waals surface area contributed by atoms with Gasteiger partial charge in [-0.25, -0.2) is 13.6 Å². The van der Waals surface area contributed by atoms with E-state index in [1.807, 2.05) is 0 Å². The number of fused-ring (bicyclic) bond motifs is 3. The predicted molar refractivity (Wildman–Crippen MR) is 89.0 cm³/mol. The van der Waals surface area contributed by atoms with Gasteiger partial charge in [-0.1, -0.05) is 0 Å². The molecule has 0 amide bonds. The van der Waals surface area contributed by atoms with E-state index in [-0.39, 0.29) is 42.8 Å². The van der Waals surface area contributed by atoms with E-state index in [1.54, 1.807) is 17.4 Å². The van der Waals surface area contributed by atoms with Gasteiger partial charge in [-0.2, -0.15) is 0 Å². The standard InChI is InChI=1S/C17H16F2N4O3/c1-8-6-12-11(7-10(8)16(25)26)20-15(24)14-22-21-13(23(12)14)9-2-4-17(18,19)5-3-9/h6-7,9H,2-5H2,1H3,(H,20,24)(H,25,26). The fourth-order valence-electron chi connectivity index (χ4n) is 3.63.